The van der Waals surface area contributed by atoms with Gasteiger partial charge in [0.05, 0.1) is 0 Å². The van der Waals surface area contributed by atoms with Crippen molar-refractivity contribution in [3.8, 4) is 0 Å². The van der Waals surface area contributed by atoms with E-state index in [0.717, 1.165) is 37.1 Å². The molecule has 1 aromatic heterocycles. The normalized spacial score (nSPS) is 16.8. The molecule has 1 fully saturated rings. The van der Waals surface area contributed by atoms with Crippen molar-refractivity contribution < 1.29 is 9.59 Å². The largest absolute Gasteiger partial charge is 0.339 e. The summed E-state index contributed by atoms with van der Waals surface area (Å²) in [6.07, 6.45) is 4.42. The second-order valence-corrected chi connectivity index (χ2v) is 7.94. The summed E-state index contributed by atoms with van der Waals surface area (Å²) in [5.74, 6) is 0.109. The molecule has 0 saturated carbocycles. The number of nitrogens with zero attached hydrogens (tertiary/aromatic N) is 4. The molecule has 0 aliphatic carbocycles. The first-order valence-corrected chi connectivity index (χ1v) is 10.4. The standard InChI is InChI=1S/C21H25ClN4O2/c22-17-5-3-4-16(14-17)7-8-20(27)24-10-12-25(13-11-24)21(28)19-15-18-6-1-2-9-26(18)23-19/h3-5,14-15H,1-2,6-13H2. The average molecular weight is 401 g/mol. The molecule has 7 heteroatoms. The number of aryl methyl sites for hydroxylation is 3. The molecule has 28 heavy (non-hydrogen) atoms. The first-order chi connectivity index (χ1) is 13.6. The van der Waals surface area contributed by atoms with Gasteiger partial charge in [-0.25, -0.2) is 0 Å². The molecule has 1 aromatic carbocycles. The molecule has 0 bridgehead atoms. The number of carbonyl (C=O) groups excluding carboxylic acids is 2. The number of halogens is 1. The molecular weight excluding hydrogens is 376 g/mol. The van der Waals surface area contributed by atoms with E-state index < -0.39 is 0 Å². The Morgan fingerprint density at radius 2 is 1.79 bits per heavy atom. The van der Waals surface area contributed by atoms with Gasteiger partial charge in [-0.2, -0.15) is 5.10 Å². The molecule has 0 spiro atoms. The predicted octanol–water partition coefficient (Wildman–Crippen LogP) is 2.79. The Balaban J connectivity index is 1.28. The van der Waals surface area contributed by atoms with Crippen molar-refractivity contribution in [3.05, 3.63) is 52.3 Å². The highest BCUT2D eigenvalue weighted by Gasteiger charge is 2.27. The van der Waals surface area contributed by atoms with Crippen LogP contribution in [0.4, 0.5) is 0 Å². The summed E-state index contributed by atoms with van der Waals surface area (Å²) in [7, 11) is 0. The molecule has 1 saturated heterocycles. The lowest BCUT2D eigenvalue weighted by atomic mass is 10.1. The third-order valence-corrected chi connectivity index (χ3v) is 5.81. The van der Waals surface area contributed by atoms with Crippen LogP contribution < -0.4 is 0 Å². The maximum Gasteiger partial charge on any atom is 0.274 e. The van der Waals surface area contributed by atoms with E-state index in [-0.39, 0.29) is 11.8 Å². The Morgan fingerprint density at radius 3 is 2.54 bits per heavy atom. The highest BCUT2D eigenvalue weighted by molar-refractivity contribution is 6.30. The predicted molar refractivity (Wildman–Crippen MR) is 107 cm³/mol. The van der Waals surface area contributed by atoms with E-state index in [2.05, 4.69) is 5.10 Å². The molecule has 148 valence electrons. The monoisotopic (exact) mass is 400 g/mol. The highest BCUT2D eigenvalue weighted by Crippen LogP contribution is 2.17. The average Bonchev–Trinajstić information content (AvgIpc) is 3.16. The number of hydrogen-bond donors (Lipinski definition) is 0. The zero-order valence-corrected chi connectivity index (χ0v) is 16.7. The topological polar surface area (TPSA) is 58.4 Å². The van der Waals surface area contributed by atoms with Crippen molar-refractivity contribution in [2.45, 2.75) is 38.6 Å². The lowest BCUT2D eigenvalue weighted by Gasteiger charge is -2.34. The first kappa shape index (κ1) is 19.0. The molecule has 6 nitrogen and oxygen atoms in total. The molecular formula is C21H25ClN4O2. The second-order valence-electron chi connectivity index (χ2n) is 7.50. The fourth-order valence-electron chi connectivity index (χ4n) is 3.95. The molecule has 2 amide bonds. The van der Waals surface area contributed by atoms with Crippen molar-refractivity contribution in [2.24, 2.45) is 0 Å². The van der Waals surface area contributed by atoms with E-state index >= 15 is 0 Å². The summed E-state index contributed by atoms with van der Waals surface area (Å²) in [6.45, 7) is 3.17. The number of amides is 2. The van der Waals surface area contributed by atoms with Crippen molar-refractivity contribution in [1.29, 1.82) is 0 Å². The quantitative estimate of drug-likeness (QED) is 0.792. The van der Waals surface area contributed by atoms with Crippen molar-refractivity contribution in [1.82, 2.24) is 19.6 Å². The van der Waals surface area contributed by atoms with Gasteiger partial charge in [-0.05, 0) is 49.4 Å². The minimum Gasteiger partial charge on any atom is -0.339 e. The molecule has 3 heterocycles. The number of carbonyl (C=O) groups is 2. The van der Waals surface area contributed by atoms with E-state index in [1.807, 2.05) is 44.8 Å². The summed E-state index contributed by atoms with van der Waals surface area (Å²) in [5.41, 5.74) is 2.76. The van der Waals surface area contributed by atoms with Crippen LogP contribution in [-0.2, 0) is 24.2 Å². The van der Waals surface area contributed by atoms with E-state index in [0.29, 0.717) is 49.7 Å². The number of hydrogen-bond acceptors (Lipinski definition) is 3. The molecule has 0 atom stereocenters. The van der Waals surface area contributed by atoms with Crippen LogP contribution in [0.15, 0.2) is 30.3 Å². The zero-order chi connectivity index (χ0) is 19.5. The van der Waals surface area contributed by atoms with Crippen molar-refractivity contribution in [3.63, 3.8) is 0 Å². The second kappa shape index (κ2) is 8.35. The fraction of sp³-hybridized carbons (Fsp3) is 0.476. The Morgan fingerprint density at radius 1 is 1.00 bits per heavy atom. The van der Waals surface area contributed by atoms with Crippen LogP contribution in [0.5, 0.6) is 0 Å². The molecule has 2 aromatic rings. The SMILES string of the molecule is O=C(CCc1cccc(Cl)c1)N1CCN(C(=O)c2cc3n(n2)CCCC3)CC1. The Kier molecular flexibility index (Phi) is 5.67. The van der Waals surface area contributed by atoms with E-state index in [1.165, 1.54) is 0 Å². The van der Waals surface area contributed by atoms with Gasteiger partial charge in [-0.1, -0.05) is 23.7 Å². The van der Waals surface area contributed by atoms with Gasteiger partial charge in [0.15, 0.2) is 5.69 Å². The van der Waals surface area contributed by atoms with E-state index in [4.69, 9.17) is 11.6 Å². The molecule has 4 rings (SSSR count). The van der Waals surface area contributed by atoms with Crippen LogP contribution in [0.2, 0.25) is 5.02 Å². The van der Waals surface area contributed by atoms with Crippen LogP contribution >= 0.6 is 11.6 Å². The van der Waals surface area contributed by atoms with Gasteiger partial charge in [-0.3, -0.25) is 14.3 Å². The fourth-order valence-corrected chi connectivity index (χ4v) is 4.16. The summed E-state index contributed by atoms with van der Waals surface area (Å²) >= 11 is 6.00. The van der Waals surface area contributed by atoms with Gasteiger partial charge in [0, 0.05) is 49.9 Å². The molecule has 2 aliphatic rings. The summed E-state index contributed by atoms with van der Waals surface area (Å²) < 4.78 is 1.96. The van der Waals surface area contributed by atoms with Crippen molar-refractivity contribution >= 4 is 23.4 Å². The van der Waals surface area contributed by atoms with Gasteiger partial charge in [0.2, 0.25) is 5.91 Å². The maximum atomic E-state index is 12.8. The number of benzene rings is 1. The number of fused-ring (bicyclic) bond motifs is 1. The first-order valence-electron chi connectivity index (χ1n) is 9.98. The van der Waals surface area contributed by atoms with Crippen LogP contribution in [0, 0.1) is 0 Å². The van der Waals surface area contributed by atoms with Gasteiger partial charge in [0.25, 0.3) is 5.91 Å². The van der Waals surface area contributed by atoms with Gasteiger partial charge in [-0.15, -0.1) is 0 Å². The van der Waals surface area contributed by atoms with Crippen LogP contribution in [-0.4, -0.2) is 57.6 Å². The van der Waals surface area contributed by atoms with E-state index in [1.54, 1.807) is 0 Å². The smallest absolute Gasteiger partial charge is 0.274 e. The molecule has 2 aliphatic heterocycles. The van der Waals surface area contributed by atoms with Crippen molar-refractivity contribution in [2.75, 3.05) is 26.2 Å². The minimum atomic E-state index is -0.0204. The molecule has 0 radical (unpaired) electrons. The van der Waals surface area contributed by atoms with Crippen LogP contribution in [0.1, 0.15) is 41.0 Å². The van der Waals surface area contributed by atoms with Gasteiger partial charge >= 0.3 is 0 Å². The highest BCUT2D eigenvalue weighted by atomic mass is 35.5. The Hall–Kier alpha value is -2.34. The lowest BCUT2D eigenvalue weighted by molar-refractivity contribution is -0.132. The van der Waals surface area contributed by atoms with E-state index in [9.17, 15) is 9.59 Å². The lowest BCUT2D eigenvalue weighted by Crippen LogP contribution is -2.50. The zero-order valence-electron chi connectivity index (χ0n) is 15.9. The molecule has 0 N–H and O–H groups in total. The van der Waals surface area contributed by atoms with Gasteiger partial charge in [0.1, 0.15) is 0 Å². The third kappa shape index (κ3) is 4.22. The minimum absolute atomic E-state index is 0.0204. The number of piperazine rings is 1. The molecule has 0 unspecified atom stereocenters. The summed E-state index contributed by atoms with van der Waals surface area (Å²) in [4.78, 5) is 28.9. The Bertz CT molecular complexity index is 848. The summed E-state index contributed by atoms with van der Waals surface area (Å²) in [5, 5.41) is 5.18. The number of rotatable bonds is 4. The number of aromatic nitrogens is 2. The Labute approximate surface area is 170 Å². The summed E-state index contributed by atoms with van der Waals surface area (Å²) in [6, 6.07) is 9.56. The maximum absolute atomic E-state index is 12.8. The van der Waals surface area contributed by atoms with Gasteiger partial charge < -0.3 is 9.80 Å². The third-order valence-electron chi connectivity index (χ3n) is 5.57. The van der Waals surface area contributed by atoms with Crippen LogP contribution in [0.3, 0.4) is 0 Å². The van der Waals surface area contributed by atoms with Crippen LogP contribution in [0.25, 0.3) is 0 Å².